The third kappa shape index (κ3) is 4.75. The van der Waals surface area contributed by atoms with Crippen LogP contribution in [0.25, 0.3) is 0 Å². The highest BCUT2D eigenvalue weighted by Crippen LogP contribution is 2.27. The maximum atomic E-state index is 11.0. The molecule has 21 heavy (non-hydrogen) atoms. The van der Waals surface area contributed by atoms with E-state index >= 15 is 0 Å². The summed E-state index contributed by atoms with van der Waals surface area (Å²) in [4.78, 5) is 16.3. The predicted molar refractivity (Wildman–Crippen MR) is 87.1 cm³/mol. The third-order valence-electron chi connectivity index (χ3n) is 2.87. The van der Waals surface area contributed by atoms with Gasteiger partial charge in [-0.15, -0.1) is 11.3 Å². The molecule has 0 saturated heterocycles. The molecule has 1 heterocycles. The molecular weight excluding hydrogens is 304 g/mol. The Labute approximate surface area is 132 Å². The van der Waals surface area contributed by atoms with Gasteiger partial charge in [0.25, 0.3) is 0 Å². The highest BCUT2D eigenvalue weighted by molar-refractivity contribution is 8.01. The standard InChI is InChI=1S/C15H18N2O2S2/c1-10-5-3-4-6-12(10)19-7-8-20-15-17-11(2)13(21-15)9-14(16)18/h3-6H,7-9H2,1-2H3,(H2,16,18). The van der Waals surface area contributed by atoms with E-state index in [-0.39, 0.29) is 12.3 Å². The van der Waals surface area contributed by atoms with E-state index in [4.69, 9.17) is 10.5 Å². The molecule has 0 atom stereocenters. The minimum absolute atomic E-state index is 0.268. The molecule has 2 N–H and O–H groups in total. The highest BCUT2D eigenvalue weighted by atomic mass is 32.2. The molecule has 0 aliphatic rings. The fourth-order valence-electron chi connectivity index (χ4n) is 1.78. The van der Waals surface area contributed by atoms with Crippen LogP contribution in [-0.4, -0.2) is 23.3 Å². The summed E-state index contributed by atoms with van der Waals surface area (Å²) in [6, 6.07) is 7.96. The van der Waals surface area contributed by atoms with E-state index in [1.807, 2.05) is 38.1 Å². The lowest BCUT2D eigenvalue weighted by Crippen LogP contribution is -2.13. The molecule has 0 saturated carbocycles. The zero-order valence-electron chi connectivity index (χ0n) is 12.1. The van der Waals surface area contributed by atoms with Crippen molar-refractivity contribution in [1.82, 2.24) is 4.98 Å². The number of nitrogens with zero attached hydrogens (tertiary/aromatic N) is 1. The number of carbonyl (C=O) groups is 1. The van der Waals surface area contributed by atoms with E-state index in [1.165, 1.54) is 11.3 Å². The average Bonchev–Trinajstić information content (AvgIpc) is 2.76. The van der Waals surface area contributed by atoms with Crippen LogP contribution in [0.1, 0.15) is 16.1 Å². The second-order valence-electron chi connectivity index (χ2n) is 4.59. The van der Waals surface area contributed by atoms with Crippen molar-refractivity contribution in [3.63, 3.8) is 0 Å². The van der Waals surface area contributed by atoms with Gasteiger partial charge in [0.2, 0.25) is 5.91 Å². The van der Waals surface area contributed by atoms with Gasteiger partial charge in [0.15, 0.2) is 4.34 Å². The Hall–Kier alpha value is -1.53. The lowest BCUT2D eigenvalue weighted by molar-refractivity contribution is -0.117. The number of aromatic nitrogens is 1. The molecule has 112 valence electrons. The maximum Gasteiger partial charge on any atom is 0.222 e. The van der Waals surface area contributed by atoms with E-state index in [0.29, 0.717) is 6.61 Å². The summed E-state index contributed by atoms with van der Waals surface area (Å²) in [5, 5.41) is 0. The number of nitrogens with two attached hydrogens (primary N) is 1. The molecule has 1 amide bonds. The van der Waals surface area contributed by atoms with Gasteiger partial charge >= 0.3 is 0 Å². The van der Waals surface area contributed by atoms with Crippen LogP contribution in [0.5, 0.6) is 5.75 Å². The molecule has 2 rings (SSSR count). The first-order valence-electron chi connectivity index (χ1n) is 6.62. The Bertz CT molecular complexity index is 626. The lowest BCUT2D eigenvalue weighted by atomic mass is 10.2. The quantitative estimate of drug-likeness (QED) is 0.629. The number of primary amides is 1. The summed E-state index contributed by atoms with van der Waals surface area (Å²) in [6.45, 7) is 4.56. The molecule has 2 aromatic rings. The molecular formula is C15H18N2O2S2. The number of hydrogen-bond acceptors (Lipinski definition) is 5. The van der Waals surface area contributed by atoms with Crippen molar-refractivity contribution in [3.8, 4) is 5.75 Å². The number of amides is 1. The molecule has 0 aliphatic heterocycles. The average molecular weight is 322 g/mol. The van der Waals surface area contributed by atoms with Gasteiger partial charge in [-0.25, -0.2) is 4.98 Å². The van der Waals surface area contributed by atoms with Gasteiger partial charge in [0, 0.05) is 10.6 Å². The minimum atomic E-state index is -0.318. The Morgan fingerprint density at radius 3 is 2.86 bits per heavy atom. The van der Waals surface area contributed by atoms with E-state index in [1.54, 1.807) is 11.8 Å². The van der Waals surface area contributed by atoms with Gasteiger partial charge in [-0.2, -0.15) is 0 Å². The fourth-order valence-corrected chi connectivity index (χ4v) is 3.92. The number of rotatable bonds is 7. The monoisotopic (exact) mass is 322 g/mol. The summed E-state index contributed by atoms with van der Waals surface area (Å²) in [7, 11) is 0. The van der Waals surface area contributed by atoms with Gasteiger partial charge < -0.3 is 10.5 Å². The molecule has 0 unspecified atom stereocenters. The number of ether oxygens (including phenoxy) is 1. The number of thiazole rings is 1. The molecule has 4 nitrogen and oxygen atoms in total. The smallest absolute Gasteiger partial charge is 0.222 e. The zero-order chi connectivity index (χ0) is 15.2. The summed E-state index contributed by atoms with van der Waals surface area (Å²) in [6.07, 6.45) is 0.268. The number of hydrogen-bond donors (Lipinski definition) is 1. The topological polar surface area (TPSA) is 65.2 Å². The summed E-state index contributed by atoms with van der Waals surface area (Å²) in [5.74, 6) is 1.42. The molecule has 1 aromatic heterocycles. The number of thioether (sulfide) groups is 1. The van der Waals surface area contributed by atoms with E-state index in [2.05, 4.69) is 4.98 Å². The van der Waals surface area contributed by atoms with Gasteiger partial charge in [-0.05, 0) is 25.5 Å². The molecule has 0 bridgehead atoms. The summed E-state index contributed by atoms with van der Waals surface area (Å²) < 4.78 is 6.70. The summed E-state index contributed by atoms with van der Waals surface area (Å²) in [5.41, 5.74) is 7.24. The molecule has 6 heteroatoms. The predicted octanol–water partition coefficient (Wildman–Crippen LogP) is 2.96. The van der Waals surface area contributed by atoms with Crippen molar-refractivity contribution in [2.45, 2.75) is 24.6 Å². The van der Waals surface area contributed by atoms with E-state index < -0.39 is 0 Å². The van der Waals surface area contributed by atoms with Gasteiger partial charge in [-0.1, -0.05) is 30.0 Å². The van der Waals surface area contributed by atoms with Crippen LogP contribution in [0.3, 0.4) is 0 Å². The molecule has 0 fully saturated rings. The van der Waals surface area contributed by atoms with Crippen molar-refractivity contribution in [1.29, 1.82) is 0 Å². The van der Waals surface area contributed by atoms with Crippen LogP contribution in [0.15, 0.2) is 28.6 Å². The van der Waals surface area contributed by atoms with Crippen molar-refractivity contribution in [3.05, 3.63) is 40.4 Å². The fraction of sp³-hybridized carbons (Fsp3) is 0.333. The number of benzene rings is 1. The number of carbonyl (C=O) groups excluding carboxylic acids is 1. The van der Waals surface area contributed by atoms with Crippen LogP contribution in [0.2, 0.25) is 0 Å². The van der Waals surface area contributed by atoms with Crippen LogP contribution >= 0.6 is 23.1 Å². The first-order chi connectivity index (χ1) is 10.1. The Morgan fingerprint density at radius 1 is 1.38 bits per heavy atom. The second-order valence-corrected chi connectivity index (χ2v) is 7.02. The highest BCUT2D eigenvalue weighted by Gasteiger charge is 2.10. The molecule has 0 radical (unpaired) electrons. The Balaban J connectivity index is 1.81. The van der Waals surface area contributed by atoms with Crippen molar-refractivity contribution in [2.75, 3.05) is 12.4 Å². The van der Waals surface area contributed by atoms with Crippen molar-refractivity contribution < 1.29 is 9.53 Å². The second kappa shape index (κ2) is 7.47. The van der Waals surface area contributed by atoms with Gasteiger partial charge in [0.05, 0.1) is 18.7 Å². The largest absolute Gasteiger partial charge is 0.492 e. The van der Waals surface area contributed by atoms with Gasteiger partial charge in [0.1, 0.15) is 5.75 Å². The normalized spacial score (nSPS) is 10.6. The van der Waals surface area contributed by atoms with Crippen molar-refractivity contribution >= 4 is 29.0 Å². The molecule has 1 aromatic carbocycles. The van der Waals surface area contributed by atoms with Crippen LogP contribution in [0.4, 0.5) is 0 Å². The zero-order valence-corrected chi connectivity index (χ0v) is 13.7. The first kappa shape index (κ1) is 15.9. The van der Waals surface area contributed by atoms with Gasteiger partial charge in [-0.3, -0.25) is 4.79 Å². The van der Waals surface area contributed by atoms with E-state index in [0.717, 1.165) is 32.0 Å². The van der Waals surface area contributed by atoms with E-state index in [9.17, 15) is 4.79 Å². The Kier molecular flexibility index (Phi) is 5.64. The Morgan fingerprint density at radius 2 is 2.14 bits per heavy atom. The van der Waals surface area contributed by atoms with Crippen LogP contribution in [0, 0.1) is 13.8 Å². The molecule has 0 aliphatic carbocycles. The number of aryl methyl sites for hydroxylation is 2. The summed E-state index contributed by atoms with van der Waals surface area (Å²) >= 11 is 3.17. The lowest BCUT2D eigenvalue weighted by Gasteiger charge is -2.07. The molecule has 0 spiro atoms. The van der Waals surface area contributed by atoms with Crippen LogP contribution in [-0.2, 0) is 11.2 Å². The number of para-hydroxylation sites is 1. The van der Waals surface area contributed by atoms with Crippen molar-refractivity contribution in [2.24, 2.45) is 5.73 Å². The van der Waals surface area contributed by atoms with Crippen LogP contribution < -0.4 is 10.5 Å². The maximum absolute atomic E-state index is 11.0. The first-order valence-corrected chi connectivity index (χ1v) is 8.42. The SMILES string of the molecule is Cc1ccccc1OCCSc1nc(C)c(CC(N)=O)s1. The third-order valence-corrected chi connectivity index (χ3v) is 5.13. The minimum Gasteiger partial charge on any atom is -0.492 e.